The van der Waals surface area contributed by atoms with E-state index < -0.39 is 6.10 Å². The molecule has 98 valence electrons. The van der Waals surface area contributed by atoms with E-state index in [9.17, 15) is 5.11 Å². The first-order valence-electron chi connectivity index (χ1n) is 5.57. The summed E-state index contributed by atoms with van der Waals surface area (Å²) in [5.74, 6) is 2.64. The lowest BCUT2D eigenvalue weighted by molar-refractivity contribution is 0.113. The van der Waals surface area contributed by atoms with Crippen LogP contribution in [0.3, 0.4) is 0 Å². The Labute approximate surface area is 114 Å². The molecule has 1 atom stereocenters. The van der Waals surface area contributed by atoms with Crippen LogP contribution in [0.5, 0.6) is 0 Å². The summed E-state index contributed by atoms with van der Waals surface area (Å²) in [7, 11) is 0. The number of thioether (sulfide) groups is 1. The lowest BCUT2D eigenvalue weighted by Crippen LogP contribution is -2.14. The van der Waals surface area contributed by atoms with Crippen molar-refractivity contribution in [3.8, 4) is 10.8 Å². The highest BCUT2D eigenvalue weighted by Gasteiger charge is 2.12. The fourth-order valence-corrected chi connectivity index (χ4v) is 3.02. The lowest BCUT2D eigenvalue weighted by Gasteiger charge is -2.04. The van der Waals surface area contributed by atoms with Gasteiger partial charge in [-0.15, -0.1) is 11.3 Å². The smallest absolute Gasteiger partial charge is 0.236 e. The summed E-state index contributed by atoms with van der Waals surface area (Å²) in [6.07, 6.45) is -0.668. The molecule has 18 heavy (non-hydrogen) atoms. The maximum Gasteiger partial charge on any atom is 0.236 e. The minimum Gasteiger partial charge on any atom is -0.440 e. The second-order valence-corrected chi connectivity index (χ2v) is 5.83. The van der Waals surface area contributed by atoms with E-state index in [-0.39, 0.29) is 6.61 Å². The molecule has 2 rings (SSSR count). The minimum absolute atomic E-state index is 0.203. The molecular formula is C12H15NO3S2. The summed E-state index contributed by atoms with van der Waals surface area (Å²) in [5, 5.41) is 20.0. The highest BCUT2D eigenvalue weighted by Crippen LogP contribution is 2.27. The van der Waals surface area contributed by atoms with Gasteiger partial charge in [-0.2, -0.15) is 11.8 Å². The largest absolute Gasteiger partial charge is 0.440 e. The number of aliphatic hydroxyl groups excluding tert-OH is 2. The summed E-state index contributed by atoms with van der Waals surface area (Å²) >= 11 is 3.13. The van der Waals surface area contributed by atoms with Gasteiger partial charge in [-0.3, -0.25) is 0 Å². The van der Waals surface area contributed by atoms with Crippen LogP contribution in [0.4, 0.5) is 0 Å². The fourth-order valence-electron chi connectivity index (χ4n) is 1.41. The van der Waals surface area contributed by atoms with Gasteiger partial charge in [-0.1, -0.05) is 6.07 Å². The average Bonchev–Trinajstić information content (AvgIpc) is 2.99. The molecule has 0 saturated heterocycles. The zero-order valence-corrected chi connectivity index (χ0v) is 11.6. The van der Waals surface area contributed by atoms with Crippen LogP contribution < -0.4 is 0 Å². The number of oxazole rings is 1. The van der Waals surface area contributed by atoms with Crippen LogP contribution >= 0.6 is 23.1 Å². The molecule has 0 radical (unpaired) electrons. The Morgan fingerprint density at radius 2 is 2.39 bits per heavy atom. The Bertz CT molecular complexity index is 481. The van der Waals surface area contributed by atoms with Crippen LogP contribution in [0.2, 0.25) is 0 Å². The molecular weight excluding hydrogens is 270 g/mol. The Kier molecular flexibility index (Phi) is 4.82. The van der Waals surface area contributed by atoms with Gasteiger partial charge in [-0.25, -0.2) is 4.98 Å². The van der Waals surface area contributed by atoms with Crippen molar-refractivity contribution in [2.45, 2.75) is 18.8 Å². The lowest BCUT2D eigenvalue weighted by atomic mass is 10.4. The first-order valence-corrected chi connectivity index (χ1v) is 7.61. The molecule has 6 heteroatoms. The summed E-state index contributed by atoms with van der Waals surface area (Å²) in [6.45, 7) is 1.69. The third-order valence-corrected chi connectivity index (χ3v) is 4.34. The second kappa shape index (κ2) is 6.38. The molecule has 0 aliphatic carbocycles. The van der Waals surface area contributed by atoms with Crippen molar-refractivity contribution in [3.63, 3.8) is 0 Å². The van der Waals surface area contributed by atoms with E-state index in [2.05, 4.69) is 4.98 Å². The van der Waals surface area contributed by atoms with Gasteiger partial charge in [0.25, 0.3) is 0 Å². The maximum absolute atomic E-state index is 9.25. The van der Waals surface area contributed by atoms with Crippen molar-refractivity contribution in [2.24, 2.45) is 0 Å². The number of aromatic nitrogens is 1. The van der Waals surface area contributed by atoms with E-state index in [0.717, 1.165) is 16.3 Å². The standard InChI is InChI=1S/C12H15NO3S2/c1-8-10(7-17-6-9(15)5-14)13-12(16-8)11-3-2-4-18-11/h2-4,9,14-15H,5-7H2,1H3/t9-/m0/s1. The first-order chi connectivity index (χ1) is 8.70. The van der Waals surface area contributed by atoms with Gasteiger partial charge in [0.15, 0.2) is 0 Å². The van der Waals surface area contributed by atoms with Gasteiger partial charge < -0.3 is 14.6 Å². The Morgan fingerprint density at radius 1 is 1.56 bits per heavy atom. The van der Waals surface area contributed by atoms with Gasteiger partial charge in [0.1, 0.15) is 5.76 Å². The Balaban J connectivity index is 1.97. The summed E-state index contributed by atoms with van der Waals surface area (Å²) in [4.78, 5) is 5.47. The highest BCUT2D eigenvalue weighted by atomic mass is 32.2. The highest BCUT2D eigenvalue weighted by molar-refractivity contribution is 7.98. The zero-order chi connectivity index (χ0) is 13.0. The Hall–Kier alpha value is -0.820. The molecule has 0 aromatic carbocycles. The van der Waals surface area contributed by atoms with Gasteiger partial charge in [0.2, 0.25) is 5.89 Å². The molecule has 0 aliphatic rings. The Morgan fingerprint density at radius 3 is 3.06 bits per heavy atom. The third-order valence-electron chi connectivity index (χ3n) is 2.38. The molecule has 0 aliphatic heterocycles. The van der Waals surface area contributed by atoms with Crippen LogP contribution in [0.25, 0.3) is 10.8 Å². The van der Waals surface area contributed by atoms with Gasteiger partial charge >= 0.3 is 0 Å². The number of aryl methyl sites for hydroxylation is 1. The van der Waals surface area contributed by atoms with E-state index >= 15 is 0 Å². The van der Waals surface area contributed by atoms with Gasteiger partial charge in [0.05, 0.1) is 23.3 Å². The molecule has 2 heterocycles. The second-order valence-electron chi connectivity index (χ2n) is 3.85. The van der Waals surface area contributed by atoms with E-state index in [4.69, 9.17) is 9.52 Å². The molecule has 0 spiro atoms. The average molecular weight is 285 g/mol. The quantitative estimate of drug-likeness (QED) is 0.852. The summed E-state index contributed by atoms with van der Waals surface area (Å²) in [6, 6.07) is 3.94. The molecule has 0 fully saturated rings. The van der Waals surface area contributed by atoms with Crippen LogP contribution in [-0.2, 0) is 5.75 Å². The van der Waals surface area contributed by atoms with Crippen molar-refractivity contribution in [2.75, 3.05) is 12.4 Å². The van der Waals surface area contributed by atoms with Crippen LogP contribution in [-0.4, -0.2) is 33.7 Å². The number of hydrogen-bond donors (Lipinski definition) is 2. The number of nitrogens with zero attached hydrogens (tertiary/aromatic N) is 1. The van der Waals surface area contributed by atoms with Crippen LogP contribution in [0.1, 0.15) is 11.5 Å². The van der Waals surface area contributed by atoms with Crippen molar-refractivity contribution < 1.29 is 14.6 Å². The number of thiophene rings is 1. The maximum atomic E-state index is 9.25. The zero-order valence-electron chi connectivity index (χ0n) is 10.00. The van der Waals surface area contributed by atoms with Gasteiger partial charge in [0, 0.05) is 11.5 Å². The van der Waals surface area contributed by atoms with E-state index in [1.807, 2.05) is 24.4 Å². The van der Waals surface area contributed by atoms with Crippen molar-refractivity contribution >= 4 is 23.1 Å². The molecule has 2 aromatic rings. The summed E-state index contributed by atoms with van der Waals surface area (Å²) < 4.78 is 5.62. The normalized spacial score (nSPS) is 12.8. The third kappa shape index (κ3) is 3.35. The number of hydrogen-bond acceptors (Lipinski definition) is 6. The molecule has 4 nitrogen and oxygen atoms in total. The summed E-state index contributed by atoms with van der Waals surface area (Å²) in [5.41, 5.74) is 0.897. The molecule has 2 N–H and O–H groups in total. The molecule has 0 saturated carbocycles. The van der Waals surface area contributed by atoms with E-state index in [1.165, 1.54) is 11.8 Å². The monoisotopic (exact) mass is 285 g/mol. The molecule has 0 unspecified atom stereocenters. The topological polar surface area (TPSA) is 66.5 Å². The molecule has 0 bridgehead atoms. The molecule has 2 aromatic heterocycles. The SMILES string of the molecule is Cc1oc(-c2cccs2)nc1CSC[C@@H](O)CO. The van der Waals surface area contributed by atoms with Gasteiger partial charge in [-0.05, 0) is 18.4 Å². The minimum atomic E-state index is -0.668. The predicted octanol–water partition coefficient (Wildman–Crippen LogP) is 2.30. The van der Waals surface area contributed by atoms with Crippen molar-refractivity contribution in [3.05, 3.63) is 29.0 Å². The van der Waals surface area contributed by atoms with Crippen LogP contribution in [0, 0.1) is 6.92 Å². The predicted molar refractivity (Wildman–Crippen MR) is 73.8 cm³/mol. The number of aliphatic hydroxyl groups is 2. The fraction of sp³-hybridized carbons (Fsp3) is 0.417. The first kappa shape index (κ1) is 13.6. The van der Waals surface area contributed by atoms with Crippen LogP contribution in [0.15, 0.2) is 21.9 Å². The van der Waals surface area contributed by atoms with E-state index in [1.54, 1.807) is 11.3 Å². The van der Waals surface area contributed by atoms with Crippen molar-refractivity contribution in [1.29, 1.82) is 0 Å². The molecule has 0 amide bonds. The van der Waals surface area contributed by atoms with Crippen molar-refractivity contribution in [1.82, 2.24) is 4.98 Å². The van der Waals surface area contributed by atoms with E-state index in [0.29, 0.717) is 17.4 Å². The number of rotatable bonds is 6.